The number of allylic oxidation sites excluding steroid dienone is 1. The molecule has 0 bridgehead atoms. The fourth-order valence-corrected chi connectivity index (χ4v) is 3.71. The van der Waals surface area contributed by atoms with Gasteiger partial charge in [0.25, 0.3) is 0 Å². The Morgan fingerprint density at radius 2 is 2.15 bits per heavy atom. The minimum atomic E-state index is -0.142. The highest BCUT2D eigenvalue weighted by Crippen LogP contribution is 2.24. The molecule has 0 aliphatic carbocycles. The summed E-state index contributed by atoms with van der Waals surface area (Å²) in [6.45, 7) is 7.81. The van der Waals surface area contributed by atoms with Gasteiger partial charge in [-0.2, -0.15) is 5.10 Å². The van der Waals surface area contributed by atoms with Gasteiger partial charge in [-0.3, -0.25) is 4.79 Å². The quantitative estimate of drug-likeness (QED) is 0.630. The first kappa shape index (κ1) is 18.8. The Hall–Kier alpha value is -2.93. The number of thiazole rings is 1. The van der Waals surface area contributed by atoms with E-state index in [2.05, 4.69) is 22.0 Å². The van der Waals surface area contributed by atoms with Crippen LogP contribution < -0.4 is 10.1 Å². The maximum Gasteiger partial charge on any atom is 0.230 e. The molecule has 7 heteroatoms. The van der Waals surface area contributed by atoms with Gasteiger partial charge in [-0.25, -0.2) is 9.67 Å². The average Bonchev–Trinajstić information content (AvgIpc) is 3.21. The van der Waals surface area contributed by atoms with E-state index < -0.39 is 0 Å². The largest absolute Gasteiger partial charge is 0.495 e. The van der Waals surface area contributed by atoms with Gasteiger partial charge in [0.15, 0.2) is 0 Å². The number of ether oxygens (including phenoxy) is 1. The van der Waals surface area contributed by atoms with E-state index in [4.69, 9.17) is 4.74 Å². The number of hydrogen-bond acceptors (Lipinski definition) is 5. The Morgan fingerprint density at radius 1 is 1.37 bits per heavy atom. The molecule has 0 fully saturated rings. The highest BCUT2D eigenvalue weighted by Gasteiger charge is 2.15. The summed E-state index contributed by atoms with van der Waals surface area (Å²) in [4.78, 5) is 17.0. The number of aromatic nitrogens is 3. The molecule has 3 aromatic rings. The molecule has 0 saturated carbocycles. The van der Waals surface area contributed by atoms with Crippen molar-refractivity contribution in [2.24, 2.45) is 0 Å². The number of methoxy groups -OCH3 is 1. The monoisotopic (exact) mass is 382 g/mol. The molecule has 0 saturated heterocycles. The molecule has 1 aromatic carbocycles. The van der Waals surface area contributed by atoms with Gasteiger partial charge in [0.2, 0.25) is 11.0 Å². The van der Waals surface area contributed by atoms with Gasteiger partial charge in [-0.05, 0) is 32.4 Å². The predicted molar refractivity (Wildman–Crippen MR) is 108 cm³/mol. The molecular weight excluding hydrogens is 360 g/mol. The zero-order valence-corrected chi connectivity index (χ0v) is 16.5. The molecule has 0 unspecified atom stereocenters. The maximum atomic E-state index is 12.4. The Balaban J connectivity index is 1.74. The molecule has 0 aliphatic heterocycles. The van der Waals surface area contributed by atoms with Gasteiger partial charge in [0.1, 0.15) is 5.75 Å². The number of nitrogens with zero attached hydrogens (tertiary/aromatic N) is 3. The lowest BCUT2D eigenvalue weighted by Crippen LogP contribution is -2.15. The molecule has 27 heavy (non-hydrogen) atoms. The molecule has 0 spiro atoms. The van der Waals surface area contributed by atoms with Crippen molar-refractivity contribution in [3.8, 4) is 10.9 Å². The third-order valence-corrected chi connectivity index (χ3v) is 5.10. The van der Waals surface area contributed by atoms with E-state index >= 15 is 0 Å². The van der Waals surface area contributed by atoms with E-state index in [1.54, 1.807) is 19.2 Å². The molecule has 6 nitrogen and oxygen atoms in total. The third kappa shape index (κ3) is 4.09. The van der Waals surface area contributed by atoms with Crippen LogP contribution in [0.2, 0.25) is 0 Å². The molecule has 2 heterocycles. The number of nitrogens with one attached hydrogen (secondary N) is 1. The van der Waals surface area contributed by atoms with Crippen LogP contribution in [0.1, 0.15) is 22.6 Å². The van der Waals surface area contributed by atoms with E-state index in [9.17, 15) is 4.79 Å². The summed E-state index contributed by atoms with van der Waals surface area (Å²) in [5.41, 5.74) is 4.54. The molecule has 0 aliphatic rings. The standard InChI is InChI=1S/C20H22N4O2S/c1-5-8-16-13(2)23-24(14(16)3)20-21-15(12-27-20)11-19(25)22-17-9-6-7-10-18(17)26-4/h5-7,9-10,12H,1,8,11H2,2-4H3,(H,22,25). The van der Waals surface area contributed by atoms with Crippen LogP contribution in [-0.4, -0.2) is 27.8 Å². The van der Waals surface area contributed by atoms with Crippen molar-refractivity contribution in [1.29, 1.82) is 0 Å². The summed E-state index contributed by atoms with van der Waals surface area (Å²) < 4.78 is 7.09. The third-order valence-electron chi connectivity index (χ3n) is 4.23. The summed E-state index contributed by atoms with van der Waals surface area (Å²) in [5.74, 6) is 0.485. The number of carbonyl (C=O) groups excluding carboxylic acids is 1. The summed E-state index contributed by atoms with van der Waals surface area (Å²) in [6.07, 6.45) is 2.83. The van der Waals surface area contributed by atoms with Gasteiger partial charge in [0.05, 0.1) is 30.6 Å². The normalized spacial score (nSPS) is 10.6. The lowest BCUT2D eigenvalue weighted by Gasteiger charge is -2.09. The topological polar surface area (TPSA) is 69.0 Å². The van der Waals surface area contributed by atoms with E-state index in [-0.39, 0.29) is 12.3 Å². The summed E-state index contributed by atoms with van der Waals surface area (Å²) in [6, 6.07) is 7.32. The SMILES string of the molecule is C=CCc1c(C)nn(-c2nc(CC(=O)Nc3ccccc3OC)cs2)c1C. The number of rotatable bonds is 7. The number of para-hydroxylation sites is 2. The lowest BCUT2D eigenvalue weighted by molar-refractivity contribution is -0.115. The number of anilines is 1. The Kier molecular flexibility index (Phi) is 5.71. The number of carbonyl (C=O) groups is 1. The van der Waals surface area contributed by atoms with Gasteiger partial charge >= 0.3 is 0 Å². The van der Waals surface area contributed by atoms with Crippen molar-refractivity contribution in [2.45, 2.75) is 26.7 Å². The van der Waals surface area contributed by atoms with Crippen molar-refractivity contribution in [2.75, 3.05) is 12.4 Å². The second-order valence-corrected chi connectivity index (χ2v) is 6.94. The summed E-state index contributed by atoms with van der Waals surface area (Å²) >= 11 is 1.47. The van der Waals surface area contributed by atoms with Crippen LogP contribution >= 0.6 is 11.3 Å². The highest BCUT2D eigenvalue weighted by atomic mass is 32.1. The van der Waals surface area contributed by atoms with E-state index in [1.165, 1.54) is 11.3 Å². The molecule has 140 valence electrons. The van der Waals surface area contributed by atoms with Crippen LogP contribution in [0, 0.1) is 13.8 Å². The van der Waals surface area contributed by atoms with Crippen molar-refractivity contribution >= 4 is 22.9 Å². The second kappa shape index (κ2) is 8.18. The summed E-state index contributed by atoms with van der Waals surface area (Å²) in [7, 11) is 1.58. The van der Waals surface area contributed by atoms with E-state index in [1.807, 2.05) is 42.1 Å². The molecule has 2 aromatic heterocycles. The minimum Gasteiger partial charge on any atom is -0.495 e. The van der Waals surface area contributed by atoms with Crippen molar-refractivity contribution in [3.63, 3.8) is 0 Å². The first-order valence-electron chi connectivity index (χ1n) is 8.57. The highest BCUT2D eigenvalue weighted by molar-refractivity contribution is 7.12. The molecular formula is C20H22N4O2S. The van der Waals surface area contributed by atoms with Crippen LogP contribution in [0.4, 0.5) is 5.69 Å². The van der Waals surface area contributed by atoms with Crippen LogP contribution in [-0.2, 0) is 17.6 Å². The van der Waals surface area contributed by atoms with Gasteiger partial charge in [0, 0.05) is 16.6 Å². The zero-order chi connectivity index (χ0) is 19.4. The van der Waals surface area contributed by atoms with Gasteiger partial charge < -0.3 is 10.1 Å². The molecule has 3 rings (SSSR count). The Labute approximate surface area is 162 Å². The first-order valence-corrected chi connectivity index (χ1v) is 9.45. The number of hydrogen-bond donors (Lipinski definition) is 1. The van der Waals surface area contributed by atoms with Crippen LogP contribution in [0.3, 0.4) is 0 Å². The maximum absolute atomic E-state index is 12.4. The number of amides is 1. The van der Waals surface area contributed by atoms with Crippen molar-refractivity contribution in [1.82, 2.24) is 14.8 Å². The van der Waals surface area contributed by atoms with E-state index in [0.29, 0.717) is 17.1 Å². The fourth-order valence-electron chi connectivity index (χ4n) is 2.88. The fraction of sp³-hybridized carbons (Fsp3) is 0.250. The number of aryl methyl sites for hydroxylation is 1. The average molecular weight is 382 g/mol. The smallest absolute Gasteiger partial charge is 0.230 e. The van der Waals surface area contributed by atoms with Crippen LogP contribution in [0.25, 0.3) is 5.13 Å². The van der Waals surface area contributed by atoms with Crippen LogP contribution in [0.15, 0.2) is 42.3 Å². The number of benzene rings is 1. The summed E-state index contributed by atoms with van der Waals surface area (Å²) in [5, 5.41) is 10.1. The van der Waals surface area contributed by atoms with Crippen LogP contribution in [0.5, 0.6) is 5.75 Å². The Morgan fingerprint density at radius 3 is 2.89 bits per heavy atom. The molecule has 1 amide bonds. The van der Waals surface area contributed by atoms with Crippen molar-refractivity contribution in [3.05, 3.63) is 64.9 Å². The molecule has 0 atom stereocenters. The zero-order valence-electron chi connectivity index (χ0n) is 15.7. The van der Waals surface area contributed by atoms with Gasteiger partial charge in [-0.1, -0.05) is 18.2 Å². The predicted octanol–water partition coefficient (Wildman–Crippen LogP) is 3.86. The molecule has 0 radical (unpaired) electrons. The molecule has 1 N–H and O–H groups in total. The minimum absolute atomic E-state index is 0.142. The second-order valence-electron chi connectivity index (χ2n) is 6.10. The lowest BCUT2D eigenvalue weighted by atomic mass is 10.1. The first-order chi connectivity index (χ1) is 13.0. The Bertz CT molecular complexity index is 974. The van der Waals surface area contributed by atoms with Gasteiger partial charge in [-0.15, -0.1) is 17.9 Å². The van der Waals surface area contributed by atoms with E-state index in [0.717, 1.165) is 28.5 Å². The van der Waals surface area contributed by atoms with Crippen molar-refractivity contribution < 1.29 is 9.53 Å².